The molecule has 1 aliphatic heterocycles. The number of methoxy groups -OCH3 is 1. The number of ether oxygens (including phenoxy) is 1. The van der Waals surface area contributed by atoms with Gasteiger partial charge in [0.25, 0.3) is 0 Å². The fourth-order valence-electron chi connectivity index (χ4n) is 4.76. The Labute approximate surface area is 170 Å². The lowest BCUT2D eigenvalue weighted by Gasteiger charge is -2.40. The van der Waals surface area contributed by atoms with E-state index in [1.807, 2.05) is 24.4 Å². The summed E-state index contributed by atoms with van der Waals surface area (Å²) in [7, 11) is 1.63. The summed E-state index contributed by atoms with van der Waals surface area (Å²) < 4.78 is 10.5. The summed E-state index contributed by atoms with van der Waals surface area (Å²) in [4.78, 5) is 16.6. The van der Waals surface area contributed by atoms with Gasteiger partial charge in [0.15, 0.2) is 11.6 Å². The third-order valence-electron chi connectivity index (χ3n) is 6.07. The molecule has 1 aliphatic carbocycles. The van der Waals surface area contributed by atoms with Crippen molar-refractivity contribution >= 4 is 0 Å². The number of nitrogens with zero attached hydrogens (tertiary/aromatic N) is 5. The van der Waals surface area contributed by atoms with Gasteiger partial charge in [-0.2, -0.15) is 4.98 Å². The lowest BCUT2D eigenvalue weighted by molar-refractivity contribution is 0.123. The smallest absolute Gasteiger partial charge is 0.240 e. The van der Waals surface area contributed by atoms with E-state index in [2.05, 4.69) is 32.2 Å². The van der Waals surface area contributed by atoms with E-state index in [1.54, 1.807) is 7.11 Å². The first-order chi connectivity index (χ1) is 14.3. The summed E-state index contributed by atoms with van der Waals surface area (Å²) >= 11 is 0. The second-order valence-corrected chi connectivity index (χ2v) is 8.07. The van der Waals surface area contributed by atoms with E-state index in [-0.39, 0.29) is 5.41 Å². The highest BCUT2D eigenvalue weighted by Crippen LogP contribution is 2.44. The molecule has 1 spiro atoms. The zero-order valence-corrected chi connectivity index (χ0v) is 16.7. The van der Waals surface area contributed by atoms with Gasteiger partial charge in [0.05, 0.1) is 12.2 Å². The number of aryl methyl sites for hydroxylation is 1. The van der Waals surface area contributed by atoms with Gasteiger partial charge in [0.1, 0.15) is 6.61 Å². The Bertz CT molecular complexity index is 986. The molecule has 3 heterocycles. The van der Waals surface area contributed by atoms with Gasteiger partial charge in [0.2, 0.25) is 5.89 Å². The first kappa shape index (κ1) is 18.4. The van der Waals surface area contributed by atoms with Crippen LogP contribution in [0.25, 0.3) is 11.4 Å². The van der Waals surface area contributed by atoms with E-state index in [4.69, 9.17) is 14.2 Å². The van der Waals surface area contributed by atoms with E-state index in [0.29, 0.717) is 24.9 Å². The van der Waals surface area contributed by atoms with Gasteiger partial charge < -0.3 is 9.26 Å². The van der Waals surface area contributed by atoms with Gasteiger partial charge in [-0.05, 0) is 37.8 Å². The average molecular weight is 391 g/mol. The fourth-order valence-corrected chi connectivity index (χ4v) is 4.76. The molecule has 3 aromatic rings. The van der Waals surface area contributed by atoms with Crippen LogP contribution in [0.1, 0.15) is 42.2 Å². The van der Waals surface area contributed by atoms with E-state index < -0.39 is 0 Å². The molecule has 0 N–H and O–H groups in total. The predicted octanol–water partition coefficient (Wildman–Crippen LogP) is 3.15. The molecule has 29 heavy (non-hydrogen) atoms. The second-order valence-electron chi connectivity index (χ2n) is 8.07. The highest BCUT2D eigenvalue weighted by Gasteiger charge is 2.44. The van der Waals surface area contributed by atoms with Crippen LogP contribution in [-0.4, -0.2) is 45.2 Å². The molecule has 0 amide bonds. The number of aromatic nitrogens is 4. The van der Waals surface area contributed by atoms with E-state index in [0.717, 1.165) is 43.7 Å². The molecule has 7 nitrogen and oxygen atoms in total. The molecule has 7 heteroatoms. The summed E-state index contributed by atoms with van der Waals surface area (Å²) in [6.07, 6.45) is 6.53. The molecular formula is C22H25N5O2. The Hall–Kier alpha value is -2.64. The van der Waals surface area contributed by atoms with Crippen LogP contribution in [0.4, 0.5) is 0 Å². The lowest BCUT2D eigenvalue weighted by atomic mass is 9.77. The summed E-state index contributed by atoms with van der Waals surface area (Å²) in [6.45, 7) is 3.05. The number of hydrogen-bond donors (Lipinski definition) is 0. The molecule has 1 unspecified atom stereocenters. The first-order valence-electron chi connectivity index (χ1n) is 10.2. The molecule has 1 atom stereocenters. The lowest BCUT2D eigenvalue weighted by Crippen LogP contribution is -2.45. The van der Waals surface area contributed by atoms with Gasteiger partial charge in [-0.1, -0.05) is 35.5 Å². The van der Waals surface area contributed by atoms with Gasteiger partial charge in [-0.25, -0.2) is 9.97 Å². The minimum Gasteiger partial charge on any atom is -0.377 e. The van der Waals surface area contributed by atoms with E-state index in [1.165, 1.54) is 17.7 Å². The van der Waals surface area contributed by atoms with Crippen molar-refractivity contribution in [2.24, 2.45) is 0 Å². The maximum absolute atomic E-state index is 5.41. The third kappa shape index (κ3) is 3.56. The van der Waals surface area contributed by atoms with E-state index >= 15 is 0 Å². The monoisotopic (exact) mass is 391 g/mol. The van der Waals surface area contributed by atoms with Crippen LogP contribution in [0.2, 0.25) is 0 Å². The van der Waals surface area contributed by atoms with Crippen LogP contribution in [0.15, 0.2) is 41.1 Å². The predicted molar refractivity (Wildman–Crippen MR) is 107 cm³/mol. The molecule has 2 aromatic heterocycles. The molecule has 1 fully saturated rings. The molecule has 5 rings (SSSR count). The van der Waals surface area contributed by atoms with Crippen molar-refractivity contribution in [2.45, 2.75) is 44.2 Å². The highest BCUT2D eigenvalue weighted by atomic mass is 16.5. The topological polar surface area (TPSA) is 77.2 Å². The van der Waals surface area contributed by atoms with Crippen molar-refractivity contribution in [1.29, 1.82) is 0 Å². The molecule has 2 aliphatic rings. The standard InChI is InChI=1S/C22H25N5O2/c1-28-14-18-24-19(29-26-18)13-27-11-5-9-22(15-27)10-8-17-12-23-21(25-20(17)22)16-6-3-2-4-7-16/h2-4,6-7,12H,5,8-11,13-15H2,1H3. The second kappa shape index (κ2) is 7.65. The van der Waals surface area contributed by atoms with Crippen molar-refractivity contribution in [3.63, 3.8) is 0 Å². The van der Waals surface area contributed by atoms with Crippen LogP contribution in [0.3, 0.4) is 0 Å². The van der Waals surface area contributed by atoms with Crippen molar-refractivity contribution in [3.8, 4) is 11.4 Å². The van der Waals surface area contributed by atoms with Crippen LogP contribution in [0, 0.1) is 0 Å². The molecule has 150 valence electrons. The van der Waals surface area contributed by atoms with Crippen LogP contribution >= 0.6 is 0 Å². The fraction of sp³-hybridized carbons (Fsp3) is 0.455. The molecule has 0 bridgehead atoms. The molecule has 0 radical (unpaired) electrons. The SMILES string of the molecule is COCc1noc(CN2CCCC3(CCc4cnc(-c5ccccc5)nc43)C2)n1. The Kier molecular flexibility index (Phi) is 4.85. The molecule has 0 saturated carbocycles. The first-order valence-corrected chi connectivity index (χ1v) is 10.2. The van der Waals surface area contributed by atoms with Crippen molar-refractivity contribution in [2.75, 3.05) is 20.2 Å². The minimum atomic E-state index is 0.0927. The summed E-state index contributed by atoms with van der Waals surface area (Å²) in [5.41, 5.74) is 3.70. The molecule has 1 saturated heterocycles. The van der Waals surface area contributed by atoms with Gasteiger partial charge in [-0.15, -0.1) is 0 Å². The van der Waals surface area contributed by atoms with Crippen molar-refractivity contribution < 1.29 is 9.26 Å². The highest BCUT2D eigenvalue weighted by molar-refractivity contribution is 5.55. The quantitative estimate of drug-likeness (QED) is 0.661. The van der Waals surface area contributed by atoms with Crippen molar-refractivity contribution in [1.82, 2.24) is 25.0 Å². The Morgan fingerprint density at radius 2 is 2.07 bits per heavy atom. The maximum Gasteiger partial charge on any atom is 0.240 e. The number of rotatable bonds is 5. The van der Waals surface area contributed by atoms with Crippen molar-refractivity contribution in [3.05, 3.63) is 59.5 Å². The largest absolute Gasteiger partial charge is 0.377 e. The number of hydrogen-bond acceptors (Lipinski definition) is 7. The van der Waals surface area contributed by atoms with Gasteiger partial charge in [-0.3, -0.25) is 4.90 Å². The Morgan fingerprint density at radius 1 is 1.17 bits per heavy atom. The zero-order chi connectivity index (χ0) is 19.7. The van der Waals surface area contributed by atoms with E-state index in [9.17, 15) is 0 Å². The number of benzene rings is 1. The number of likely N-dealkylation sites (tertiary alicyclic amines) is 1. The number of piperidine rings is 1. The summed E-state index contributed by atoms with van der Waals surface area (Å²) in [6, 6.07) is 10.2. The van der Waals surface area contributed by atoms with Gasteiger partial charge in [0, 0.05) is 30.8 Å². The Morgan fingerprint density at radius 3 is 2.93 bits per heavy atom. The minimum absolute atomic E-state index is 0.0927. The summed E-state index contributed by atoms with van der Waals surface area (Å²) in [5.74, 6) is 2.07. The maximum atomic E-state index is 5.41. The number of fused-ring (bicyclic) bond motifs is 2. The molecular weight excluding hydrogens is 366 g/mol. The summed E-state index contributed by atoms with van der Waals surface area (Å²) in [5, 5.41) is 3.98. The van der Waals surface area contributed by atoms with Crippen LogP contribution in [-0.2, 0) is 29.7 Å². The normalized spacial score (nSPS) is 21.6. The average Bonchev–Trinajstić information content (AvgIpc) is 3.34. The third-order valence-corrected chi connectivity index (χ3v) is 6.07. The van der Waals surface area contributed by atoms with Gasteiger partial charge >= 0.3 is 0 Å². The van der Waals surface area contributed by atoms with Crippen LogP contribution < -0.4 is 0 Å². The zero-order valence-electron chi connectivity index (χ0n) is 16.7. The Balaban J connectivity index is 1.38. The van der Waals surface area contributed by atoms with Crippen LogP contribution in [0.5, 0.6) is 0 Å². The molecule has 1 aromatic carbocycles.